The van der Waals surface area contributed by atoms with Crippen molar-refractivity contribution in [1.82, 2.24) is 0 Å². The lowest BCUT2D eigenvalue weighted by Gasteiger charge is -2.27. The average Bonchev–Trinajstić information content (AvgIpc) is 3.00. The summed E-state index contributed by atoms with van der Waals surface area (Å²) in [6.07, 6.45) is 7.02. The predicted molar refractivity (Wildman–Crippen MR) is 67.3 cm³/mol. The number of hydrogen-bond acceptors (Lipinski definition) is 0. The van der Waals surface area contributed by atoms with E-state index < -0.39 is 0 Å². The van der Waals surface area contributed by atoms with Crippen molar-refractivity contribution in [3.8, 4) is 0 Å². The van der Waals surface area contributed by atoms with E-state index in [2.05, 4.69) is 35.0 Å². The van der Waals surface area contributed by atoms with Gasteiger partial charge in [-0.1, -0.05) is 22.0 Å². The van der Waals surface area contributed by atoms with Crippen LogP contribution < -0.4 is 0 Å². The van der Waals surface area contributed by atoms with E-state index in [0.717, 1.165) is 11.8 Å². The summed E-state index contributed by atoms with van der Waals surface area (Å²) < 4.78 is 1.35. The fraction of sp³-hybridized carbons (Fsp3) is 0.571. The van der Waals surface area contributed by atoms with Gasteiger partial charge in [0.15, 0.2) is 0 Å². The van der Waals surface area contributed by atoms with Gasteiger partial charge in [0.25, 0.3) is 0 Å². The summed E-state index contributed by atoms with van der Waals surface area (Å²) in [5.41, 5.74) is 4.67. The second kappa shape index (κ2) is 3.62. The van der Waals surface area contributed by atoms with Gasteiger partial charge in [-0.3, -0.25) is 0 Å². The number of fused-ring (bicyclic) bond motifs is 1. The van der Waals surface area contributed by atoms with Crippen molar-refractivity contribution >= 4 is 15.9 Å². The molecule has 1 fully saturated rings. The average molecular weight is 265 g/mol. The van der Waals surface area contributed by atoms with E-state index in [1.165, 1.54) is 42.1 Å². The molecular weight excluding hydrogens is 248 g/mol. The quantitative estimate of drug-likeness (QED) is 0.696. The maximum Gasteiger partial charge on any atom is 0.0212 e. The third kappa shape index (κ3) is 1.75. The molecule has 1 heteroatoms. The summed E-state index contributed by atoms with van der Waals surface area (Å²) in [5, 5.41) is 0. The molecule has 0 nitrogen and oxygen atoms in total. The molecule has 80 valence electrons. The minimum absolute atomic E-state index is 0.880. The molecular formula is C14H17Br. The molecule has 1 saturated carbocycles. The highest BCUT2D eigenvalue weighted by molar-refractivity contribution is 9.10. The molecule has 0 radical (unpaired) electrons. The predicted octanol–water partition coefficient (Wildman–Crippen LogP) is 4.59. The Kier molecular flexibility index (Phi) is 2.39. The molecule has 0 spiro atoms. The van der Waals surface area contributed by atoms with Gasteiger partial charge in [-0.2, -0.15) is 0 Å². The third-order valence-electron chi connectivity index (χ3n) is 3.91. The number of hydrogen-bond donors (Lipinski definition) is 0. The van der Waals surface area contributed by atoms with E-state index in [9.17, 15) is 0 Å². The van der Waals surface area contributed by atoms with Crippen LogP contribution in [0.3, 0.4) is 0 Å². The standard InChI is InChI=1S/C14H17Br/c1-9-7-13-11(10-5-6-10)3-2-4-12(13)14(15)8-9/h7-8,10-11H,2-6H2,1H3. The van der Waals surface area contributed by atoms with E-state index in [1.807, 2.05) is 0 Å². The van der Waals surface area contributed by atoms with Gasteiger partial charge in [0, 0.05) is 4.47 Å². The lowest BCUT2D eigenvalue weighted by atomic mass is 9.79. The van der Waals surface area contributed by atoms with Crippen LogP contribution >= 0.6 is 15.9 Å². The van der Waals surface area contributed by atoms with Crippen LogP contribution in [0, 0.1) is 12.8 Å². The summed E-state index contributed by atoms with van der Waals surface area (Å²) >= 11 is 3.73. The minimum atomic E-state index is 0.880. The van der Waals surface area contributed by atoms with Crippen LogP contribution in [0.5, 0.6) is 0 Å². The molecule has 0 N–H and O–H groups in total. The van der Waals surface area contributed by atoms with E-state index in [1.54, 1.807) is 11.1 Å². The first kappa shape index (κ1) is 9.89. The van der Waals surface area contributed by atoms with E-state index in [-0.39, 0.29) is 0 Å². The highest BCUT2D eigenvalue weighted by atomic mass is 79.9. The van der Waals surface area contributed by atoms with Crippen LogP contribution in [0.15, 0.2) is 16.6 Å². The fourth-order valence-electron chi connectivity index (χ4n) is 3.04. The fourth-order valence-corrected chi connectivity index (χ4v) is 3.82. The second-order valence-electron chi connectivity index (χ2n) is 5.15. The molecule has 0 aliphatic heterocycles. The summed E-state index contributed by atoms with van der Waals surface area (Å²) in [5.74, 6) is 1.89. The van der Waals surface area contributed by atoms with Crippen molar-refractivity contribution < 1.29 is 0 Å². The Bertz CT molecular complexity index is 391. The lowest BCUT2D eigenvalue weighted by molar-refractivity contribution is 0.502. The van der Waals surface area contributed by atoms with Crippen molar-refractivity contribution in [1.29, 1.82) is 0 Å². The minimum Gasteiger partial charge on any atom is -0.0555 e. The van der Waals surface area contributed by atoms with Crippen molar-refractivity contribution in [2.75, 3.05) is 0 Å². The summed E-state index contributed by atoms with van der Waals surface area (Å²) in [4.78, 5) is 0. The lowest BCUT2D eigenvalue weighted by Crippen LogP contribution is -2.12. The maximum atomic E-state index is 3.73. The van der Waals surface area contributed by atoms with E-state index in [0.29, 0.717) is 0 Å². The molecule has 0 aromatic heterocycles. The first-order valence-electron chi connectivity index (χ1n) is 6.04. The normalized spacial score (nSPS) is 25.1. The molecule has 15 heavy (non-hydrogen) atoms. The molecule has 0 bridgehead atoms. The Labute approximate surface area is 100 Å². The molecule has 3 rings (SSSR count). The zero-order valence-corrected chi connectivity index (χ0v) is 10.8. The van der Waals surface area contributed by atoms with Crippen LogP contribution in [0.2, 0.25) is 0 Å². The van der Waals surface area contributed by atoms with Crippen LogP contribution in [0.4, 0.5) is 0 Å². The monoisotopic (exact) mass is 264 g/mol. The van der Waals surface area contributed by atoms with Crippen LogP contribution in [-0.2, 0) is 6.42 Å². The third-order valence-corrected chi connectivity index (χ3v) is 4.61. The Hall–Kier alpha value is -0.300. The van der Waals surface area contributed by atoms with Crippen molar-refractivity contribution in [2.24, 2.45) is 5.92 Å². The van der Waals surface area contributed by atoms with Gasteiger partial charge >= 0.3 is 0 Å². The number of halogens is 1. The highest BCUT2D eigenvalue weighted by Gasteiger charge is 2.35. The van der Waals surface area contributed by atoms with Gasteiger partial charge in [0.05, 0.1) is 0 Å². The molecule has 0 saturated heterocycles. The Balaban J connectivity index is 2.08. The number of rotatable bonds is 1. The van der Waals surface area contributed by atoms with Crippen LogP contribution in [0.25, 0.3) is 0 Å². The largest absolute Gasteiger partial charge is 0.0555 e. The van der Waals surface area contributed by atoms with Crippen molar-refractivity contribution in [2.45, 2.75) is 44.9 Å². The van der Waals surface area contributed by atoms with Gasteiger partial charge in [-0.15, -0.1) is 0 Å². The highest BCUT2D eigenvalue weighted by Crippen LogP contribution is 2.49. The van der Waals surface area contributed by atoms with Gasteiger partial charge in [0.1, 0.15) is 0 Å². The number of benzene rings is 1. The first-order chi connectivity index (χ1) is 7.25. The molecule has 1 aromatic carbocycles. The smallest absolute Gasteiger partial charge is 0.0212 e. The molecule has 2 aliphatic rings. The zero-order valence-electron chi connectivity index (χ0n) is 9.22. The Morgan fingerprint density at radius 2 is 2.00 bits per heavy atom. The maximum absolute atomic E-state index is 3.73. The van der Waals surface area contributed by atoms with Gasteiger partial charge in [-0.05, 0) is 73.6 Å². The Morgan fingerprint density at radius 3 is 2.73 bits per heavy atom. The molecule has 2 aliphatic carbocycles. The number of aryl methyl sites for hydroxylation is 1. The Morgan fingerprint density at radius 1 is 1.20 bits per heavy atom. The SMILES string of the molecule is Cc1cc(Br)c2c(c1)C(C1CC1)CCC2. The van der Waals surface area contributed by atoms with E-state index >= 15 is 0 Å². The molecule has 0 heterocycles. The van der Waals surface area contributed by atoms with Gasteiger partial charge in [0.2, 0.25) is 0 Å². The van der Waals surface area contributed by atoms with Crippen LogP contribution in [0.1, 0.15) is 48.3 Å². The first-order valence-corrected chi connectivity index (χ1v) is 6.84. The second-order valence-corrected chi connectivity index (χ2v) is 6.01. The van der Waals surface area contributed by atoms with Crippen LogP contribution in [-0.4, -0.2) is 0 Å². The van der Waals surface area contributed by atoms with Gasteiger partial charge < -0.3 is 0 Å². The molecule has 1 unspecified atom stereocenters. The summed E-state index contributed by atoms with van der Waals surface area (Å²) in [7, 11) is 0. The summed E-state index contributed by atoms with van der Waals surface area (Å²) in [6, 6.07) is 4.70. The molecule has 1 aromatic rings. The molecule has 1 atom stereocenters. The van der Waals surface area contributed by atoms with Crippen molar-refractivity contribution in [3.05, 3.63) is 33.3 Å². The van der Waals surface area contributed by atoms with Gasteiger partial charge in [-0.25, -0.2) is 0 Å². The topological polar surface area (TPSA) is 0 Å². The van der Waals surface area contributed by atoms with E-state index in [4.69, 9.17) is 0 Å². The zero-order chi connectivity index (χ0) is 10.4. The van der Waals surface area contributed by atoms with Crippen molar-refractivity contribution in [3.63, 3.8) is 0 Å². The molecule has 0 amide bonds. The summed E-state index contributed by atoms with van der Waals surface area (Å²) in [6.45, 7) is 2.21.